The fourth-order valence-corrected chi connectivity index (χ4v) is 4.23. The van der Waals surface area contributed by atoms with Crippen molar-refractivity contribution in [3.8, 4) is 0 Å². The first-order chi connectivity index (χ1) is 12.8. The predicted molar refractivity (Wildman–Crippen MR) is 126 cm³/mol. The molecule has 2 saturated heterocycles. The van der Waals surface area contributed by atoms with Crippen LogP contribution in [0.3, 0.4) is 0 Å². The van der Waals surface area contributed by atoms with Crippen molar-refractivity contribution >= 4 is 35.6 Å². The van der Waals surface area contributed by atoms with Crippen LogP contribution in [-0.4, -0.2) is 62.7 Å². The summed E-state index contributed by atoms with van der Waals surface area (Å²) in [5.41, 5.74) is 1.34. The lowest BCUT2D eigenvalue weighted by Gasteiger charge is -2.36. The van der Waals surface area contributed by atoms with E-state index in [2.05, 4.69) is 62.7 Å². The topological polar surface area (TPSA) is 42.9 Å². The van der Waals surface area contributed by atoms with E-state index in [4.69, 9.17) is 0 Å². The average molecular weight is 485 g/mol. The zero-order valence-electron chi connectivity index (χ0n) is 16.9. The Hall–Kier alpha value is -1.02. The molecule has 2 N–H and O–H groups in total. The van der Waals surface area contributed by atoms with Crippen molar-refractivity contribution in [3.05, 3.63) is 30.3 Å². The van der Waals surface area contributed by atoms with Crippen LogP contribution in [0.5, 0.6) is 0 Å². The van der Waals surface area contributed by atoms with E-state index in [1.54, 1.807) is 0 Å². The third kappa shape index (κ3) is 6.52. The minimum atomic E-state index is 0. The minimum absolute atomic E-state index is 0. The predicted octanol–water partition coefficient (Wildman–Crippen LogP) is 3.31. The van der Waals surface area contributed by atoms with Crippen LogP contribution in [0.4, 0.5) is 5.69 Å². The molecule has 0 spiro atoms. The molecule has 2 aliphatic heterocycles. The first-order valence-corrected chi connectivity index (χ1v) is 10.3. The summed E-state index contributed by atoms with van der Waals surface area (Å²) in [6.07, 6.45) is 6.30. The zero-order chi connectivity index (χ0) is 18.2. The molecule has 1 aromatic rings. The second-order valence-corrected chi connectivity index (χ2v) is 7.47. The van der Waals surface area contributed by atoms with E-state index in [-0.39, 0.29) is 24.0 Å². The van der Waals surface area contributed by atoms with Gasteiger partial charge in [-0.2, -0.15) is 0 Å². The Kier molecular flexibility index (Phi) is 9.68. The summed E-state index contributed by atoms with van der Waals surface area (Å²) in [5, 5.41) is 7.22. The number of likely N-dealkylation sites (tertiary alicyclic amines) is 1. The van der Waals surface area contributed by atoms with E-state index < -0.39 is 0 Å². The maximum absolute atomic E-state index is 4.46. The van der Waals surface area contributed by atoms with Gasteiger partial charge >= 0.3 is 0 Å². The van der Waals surface area contributed by atoms with Crippen molar-refractivity contribution in [1.29, 1.82) is 0 Å². The standard InChI is InChI=1S/C21H35N5.HI/c1-3-25-14-8-7-11-20(25)17-23-21(22-2)24-18-12-15-26(16-13-18)19-9-5-4-6-10-19;/h4-6,9-10,18,20H,3,7-8,11-17H2,1-2H3,(H2,22,23,24);1H. The van der Waals surface area contributed by atoms with Gasteiger partial charge in [0.05, 0.1) is 0 Å². The highest BCUT2D eigenvalue weighted by Crippen LogP contribution is 2.19. The van der Waals surface area contributed by atoms with Gasteiger partial charge in [0.1, 0.15) is 0 Å². The molecule has 0 bridgehead atoms. The third-order valence-corrected chi connectivity index (χ3v) is 5.84. The lowest BCUT2D eigenvalue weighted by Crippen LogP contribution is -2.52. The lowest BCUT2D eigenvalue weighted by atomic mass is 10.0. The molecule has 0 amide bonds. The molecular formula is C21H36IN5. The molecule has 2 heterocycles. The van der Waals surface area contributed by atoms with Gasteiger partial charge in [0.15, 0.2) is 5.96 Å². The Morgan fingerprint density at radius 3 is 2.48 bits per heavy atom. The van der Waals surface area contributed by atoms with Gasteiger partial charge in [0.2, 0.25) is 0 Å². The molecule has 2 fully saturated rings. The third-order valence-electron chi connectivity index (χ3n) is 5.84. The van der Waals surface area contributed by atoms with Crippen LogP contribution in [-0.2, 0) is 0 Å². The van der Waals surface area contributed by atoms with Crippen LogP contribution >= 0.6 is 24.0 Å². The largest absolute Gasteiger partial charge is 0.371 e. The van der Waals surface area contributed by atoms with Crippen molar-refractivity contribution in [3.63, 3.8) is 0 Å². The molecule has 6 heteroatoms. The summed E-state index contributed by atoms with van der Waals surface area (Å²) in [5.74, 6) is 0.963. The van der Waals surface area contributed by atoms with Gasteiger partial charge in [-0.05, 0) is 50.9 Å². The first-order valence-electron chi connectivity index (χ1n) is 10.3. The average Bonchev–Trinajstić information content (AvgIpc) is 2.72. The van der Waals surface area contributed by atoms with Gasteiger partial charge in [-0.25, -0.2) is 0 Å². The Morgan fingerprint density at radius 2 is 1.81 bits per heavy atom. The van der Waals surface area contributed by atoms with Crippen LogP contribution in [0.1, 0.15) is 39.0 Å². The molecule has 0 aliphatic carbocycles. The molecule has 1 unspecified atom stereocenters. The molecule has 3 rings (SSSR count). The van der Waals surface area contributed by atoms with Crippen LogP contribution in [0.2, 0.25) is 0 Å². The molecule has 2 aliphatic rings. The van der Waals surface area contributed by atoms with E-state index in [9.17, 15) is 0 Å². The highest BCUT2D eigenvalue weighted by molar-refractivity contribution is 14.0. The van der Waals surface area contributed by atoms with Crippen LogP contribution < -0.4 is 15.5 Å². The number of hydrogen-bond acceptors (Lipinski definition) is 3. The monoisotopic (exact) mass is 485 g/mol. The van der Waals surface area contributed by atoms with Gasteiger partial charge < -0.3 is 15.5 Å². The van der Waals surface area contributed by atoms with Gasteiger partial charge in [-0.15, -0.1) is 24.0 Å². The first kappa shape index (κ1) is 22.3. The van der Waals surface area contributed by atoms with Crippen molar-refractivity contribution < 1.29 is 0 Å². The van der Waals surface area contributed by atoms with E-state index >= 15 is 0 Å². The number of guanidine groups is 1. The number of aliphatic imine (C=N–C) groups is 1. The Bertz CT molecular complexity index is 557. The maximum atomic E-state index is 4.46. The summed E-state index contributed by atoms with van der Waals surface area (Å²) in [6.45, 7) is 7.86. The van der Waals surface area contributed by atoms with Gasteiger partial charge in [0, 0.05) is 44.5 Å². The Labute approximate surface area is 182 Å². The van der Waals surface area contributed by atoms with E-state index in [1.165, 1.54) is 31.5 Å². The molecular weight excluding hydrogens is 449 g/mol. The fourth-order valence-electron chi connectivity index (χ4n) is 4.23. The molecule has 27 heavy (non-hydrogen) atoms. The summed E-state index contributed by atoms with van der Waals surface area (Å²) in [6, 6.07) is 11.9. The lowest BCUT2D eigenvalue weighted by molar-refractivity contribution is 0.157. The quantitative estimate of drug-likeness (QED) is 0.382. The molecule has 0 saturated carbocycles. The second-order valence-electron chi connectivity index (χ2n) is 7.47. The number of para-hydroxylation sites is 1. The van der Waals surface area contributed by atoms with E-state index in [1.807, 2.05) is 7.05 Å². The number of rotatable bonds is 5. The summed E-state index contributed by atoms with van der Waals surface area (Å²) < 4.78 is 0. The molecule has 0 aromatic heterocycles. The Balaban J connectivity index is 0.00000261. The fraction of sp³-hybridized carbons (Fsp3) is 0.667. The molecule has 152 valence electrons. The minimum Gasteiger partial charge on any atom is -0.371 e. The maximum Gasteiger partial charge on any atom is 0.191 e. The van der Waals surface area contributed by atoms with Crippen LogP contribution in [0, 0.1) is 0 Å². The smallest absolute Gasteiger partial charge is 0.191 e. The van der Waals surface area contributed by atoms with Crippen LogP contribution in [0.25, 0.3) is 0 Å². The zero-order valence-corrected chi connectivity index (χ0v) is 19.2. The second kappa shape index (κ2) is 11.7. The molecule has 0 radical (unpaired) electrons. The van der Waals surface area contributed by atoms with Gasteiger partial charge in [0.25, 0.3) is 0 Å². The summed E-state index contributed by atoms with van der Waals surface area (Å²) in [4.78, 5) is 9.54. The molecule has 1 aromatic carbocycles. The van der Waals surface area contributed by atoms with E-state index in [0.717, 1.165) is 45.0 Å². The summed E-state index contributed by atoms with van der Waals surface area (Å²) in [7, 11) is 1.88. The highest BCUT2D eigenvalue weighted by Gasteiger charge is 2.23. The number of likely N-dealkylation sites (N-methyl/N-ethyl adjacent to an activating group) is 1. The number of nitrogens with zero attached hydrogens (tertiary/aromatic N) is 3. The Morgan fingerprint density at radius 1 is 1.07 bits per heavy atom. The number of piperidine rings is 2. The SMILES string of the molecule is CCN1CCCCC1CNC(=NC)NC1CCN(c2ccccc2)CC1.I. The number of nitrogens with one attached hydrogen (secondary N) is 2. The molecule has 1 atom stereocenters. The number of anilines is 1. The summed E-state index contributed by atoms with van der Waals surface area (Å²) >= 11 is 0. The number of hydrogen-bond donors (Lipinski definition) is 2. The highest BCUT2D eigenvalue weighted by atomic mass is 127. The van der Waals surface area contributed by atoms with Crippen molar-refractivity contribution in [1.82, 2.24) is 15.5 Å². The number of benzene rings is 1. The molecule has 5 nitrogen and oxygen atoms in total. The van der Waals surface area contributed by atoms with Gasteiger partial charge in [-0.1, -0.05) is 31.5 Å². The normalized spacial score (nSPS) is 22.2. The van der Waals surface area contributed by atoms with Gasteiger partial charge in [-0.3, -0.25) is 9.89 Å². The van der Waals surface area contributed by atoms with Crippen molar-refractivity contribution in [2.24, 2.45) is 4.99 Å². The van der Waals surface area contributed by atoms with E-state index in [0.29, 0.717) is 12.1 Å². The number of halogens is 1. The van der Waals surface area contributed by atoms with Crippen molar-refractivity contribution in [2.45, 2.75) is 51.1 Å². The van der Waals surface area contributed by atoms with Crippen LogP contribution in [0.15, 0.2) is 35.3 Å². The van der Waals surface area contributed by atoms with Crippen molar-refractivity contribution in [2.75, 3.05) is 44.7 Å².